The molecule has 12 heavy (non-hydrogen) atoms. The summed E-state index contributed by atoms with van der Waals surface area (Å²) in [4.78, 5) is 23.1. The van der Waals surface area contributed by atoms with Crippen LogP contribution in [0.5, 0.6) is 0 Å². The van der Waals surface area contributed by atoms with Crippen molar-refractivity contribution in [2.24, 2.45) is 5.73 Å². The summed E-state index contributed by atoms with van der Waals surface area (Å²) in [7, 11) is 0. The highest BCUT2D eigenvalue weighted by Gasteiger charge is 2.16. The van der Waals surface area contributed by atoms with E-state index in [9.17, 15) is 9.59 Å². The summed E-state index contributed by atoms with van der Waals surface area (Å²) in [6, 6.07) is -0.0949. The molecule has 5 heteroatoms. The minimum absolute atomic E-state index is 0.0949. The van der Waals surface area contributed by atoms with Crippen molar-refractivity contribution in [2.45, 2.75) is 12.8 Å². The molecule has 0 atom stereocenters. The second-order valence-electron chi connectivity index (χ2n) is 2.79. The summed E-state index contributed by atoms with van der Waals surface area (Å²) in [5.41, 5.74) is 4.96. The van der Waals surface area contributed by atoms with Crippen LogP contribution in [0.15, 0.2) is 0 Å². The summed E-state index contributed by atoms with van der Waals surface area (Å²) in [6.45, 7) is 1.88. The molecule has 5 nitrogen and oxygen atoms in total. The lowest BCUT2D eigenvalue weighted by atomic mass is 10.3. The van der Waals surface area contributed by atoms with Gasteiger partial charge in [-0.15, -0.1) is 0 Å². The van der Waals surface area contributed by atoms with Gasteiger partial charge >= 0.3 is 6.03 Å². The first-order valence-electron chi connectivity index (χ1n) is 4.01. The van der Waals surface area contributed by atoms with Crippen LogP contribution in [0.2, 0.25) is 0 Å². The number of hydrogen-bond donors (Lipinski definition) is 2. The molecule has 3 amide bonds. The first kappa shape index (κ1) is 8.83. The van der Waals surface area contributed by atoms with Crippen LogP contribution in [0.1, 0.15) is 12.8 Å². The maximum atomic E-state index is 11.1. The van der Waals surface area contributed by atoms with E-state index in [0.29, 0.717) is 6.54 Å². The van der Waals surface area contributed by atoms with E-state index in [-0.39, 0.29) is 18.4 Å². The molecule has 0 radical (unpaired) electrons. The number of amides is 3. The van der Waals surface area contributed by atoms with E-state index in [4.69, 9.17) is 5.73 Å². The second-order valence-corrected chi connectivity index (χ2v) is 2.79. The lowest BCUT2D eigenvalue weighted by Gasteiger charge is -2.26. The predicted octanol–water partition coefficient (Wildman–Crippen LogP) is -0.723. The standard InChI is InChI=1S/C7H13N3O2/c8-6(11)2-5-10-4-1-3-9-7(10)12/h1-5H2,(H2,8,11)(H,9,12). The number of nitrogens with one attached hydrogen (secondary N) is 1. The van der Waals surface area contributed by atoms with Crippen molar-refractivity contribution in [1.29, 1.82) is 0 Å². The molecule has 0 aromatic carbocycles. The molecule has 1 saturated heterocycles. The fourth-order valence-electron chi connectivity index (χ4n) is 1.14. The molecule has 0 spiro atoms. The Kier molecular flexibility index (Phi) is 2.90. The minimum Gasteiger partial charge on any atom is -0.370 e. The van der Waals surface area contributed by atoms with Crippen LogP contribution < -0.4 is 11.1 Å². The molecule has 68 valence electrons. The molecular weight excluding hydrogens is 158 g/mol. The van der Waals surface area contributed by atoms with Gasteiger partial charge in [-0.3, -0.25) is 4.79 Å². The van der Waals surface area contributed by atoms with Crippen LogP contribution in [0.25, 0.3) is 0 Å². The number of carbonyl (C=O) groups excluding carboxylic acids is 2. The quantitative estimate of drug-likeness (QED) is 0.587. The fourth-order valence-corrected chi connectivity index (χ4v) is 1.14. The maximum Gasteiger partial charge on any atom is 0.317 e. The molecule has 1 rings (SSSR count). The van der Waals surface area contributed by atoms with Crippen LogP contribution in [0.3, 0.4) is 0 Å². The number of nitrogens with two attached hydrogens (primary N) is 1. The predicted molar refractivity (Wildman–Crippen MR) is 43.4 cm³/mol. The Hall–Kier alpha value is -1.26. The third-order valence-electron chi connectivity index (χ3n) is 1.80. The number of rotatable bonds is 3. The van der Waals surface area contributed by atoms with E-state index in [2.05, 4.69) is 5.32 Å². The van der Waals surface area contributed by atoms with Crippen LogP contribution in [0, 0.1) is 0 Å². The zero-order chi connectivity index (χ0) is 8.97. The third-order valence-corrected chi connectivity index (χ3v) is 1.80. The molecule has 1 aliphatic heterocycles. The smallest absolute Gasteiger partial charge is 0.317 e. The Morgan fingerprint density at radius 3 is 3.00 bits per heavy atom. The number of urea groups is 1. The molecule has 0 aliphatic carbocycles. The summed E-state index contributed by atoms with van der Waals surface area (Å²) in [5, 5.41) is 2.69. The zero-order valence-electron chi connectivity index (χ0n) is 6.88. The van der Waals surface area contributed by atoms with Crippen molar-refractivity contribution in [3.05, 3.63) is 0 Å². The molecule has 0 aromatic rings. The number of nitrogens with zero attached hydrogens (tertiary/aromatic N) is 1. The fraction of sp³-hybridized carbons (Fsp3) is 0.714. The molecule has 1 heterocycles. The van der Waals surface area contributed by atoms with Crippen LogP contribution in [0.4, 0.5) is 4.79 Å². The zero-order valence-corrected chi connectivity index (χ0v) is 6.88. The van der Waals surface area contributed by atoms with Gasteiger partial charge in [0.2, 0.25) is 5.91 Å². The molecule has 0 bridgehead atoms. The molecule has 0 unspecified atom stereocenters. The molecule has 1 aliphatic rings. The highest BCUT2D eigenvalue weighted by molar-refractivity contribution is 5.77. The van der Waals surface area contributed by atoms with Crippen molar-refractivity contribution in [2.75, 3.05) is 19.6 Å². The lowest BCUT2D eigenvalue weighted by Crippen LogP contribution is -2.47. The number of carbonyl (C=O) groups is 2. The van der Waals surface area contributed by atoms with Crippen molar-refractivity contribution < 1.29 is 9.59 Å². The van der Waals surface area contributed by atoms with Gasteiger partial charge in [0.05, 0.1) is 0 Å². The average molecular weight is 171 g/mol. The summed E-state index contributed by atoms with van der Waals surface area (Å²) >= 11 is 0. The van der Waals surface area contributed by atoms with Crippen molar-refractivity contribution >= 4 is 11.9 Å². The third kappa shape index (κ3) is 2.41. The molecule has 0 aromatic heterocycles. The Labute approximate surface area is 70.9 Å². The average Bonchev–Trinajstić information content (AvgIpc) is 2.03. The van der Waals surface area contributed by atoms with Crippen molar-refractivity contribution in [3.63, 3.8) is 0 Å². The van der Waals surface area contributed by atoms with Gasteiger partial charge in [0.15, 0.2) is 0 Å². The molecular formula is C7H13N3O2. The van der Waals surface area contributed by atoms with Crippen LogP contribution >= 0.6 is 0 Å². The van der Waals surface area contributed by atoms with Crippen molar-refractivity contribution in [3.8, 4) is 0 Å². The van der Waals surface area contributed by atoms with Gasteiger partial charge in [-0.1, -0.05) is 0 Å². The van der Waals surface area contributed by atoms with Gasteiger partial charge in [-0.25, -0.2) is 4.79 Å². The van der Waals surface area contributed by atoms with Gasteiger partial charge in [0.1, 0.15) is 0 Å². The number of primary amides is 1. The topological polar surface area (TPSA) is 75.4 Å². The Morgan fingerprint density at radius 2 is 2.42 bits per heavy atom. The van der Waals surface area contributed by atoms with E-state index < -0.39 is 0 Å². The Morgan fingerprint density at radius 1 is 1.67 bits per heavy atom. The normalized spacial score (nSPS) is 17.3. The van der Waals surface area contributed by atoms with Gasteiger partial charge in [-0.05, 0) is 6.42 Å². The first-order chi connectivity index (χ1) is 5.70. The molecule has 1 fully saturated rings. The summed E-state index contributed by atoms with van der Waals surface area (Å²) < 4.78 is 0. The Balaban J connectivity index is 2.29. The Bertz CT molecular complexity index is 193. The first-order valence-corrected chi connectivity index (χ1v) is 4.01. The minimum atomic E-state index is -0.367. The van der Waals surface area contributed by atoms with E-state index >= 15 is 0 Å². The molecule has 3 N–H and O–H groups in total. The second kappa shape index (κ2) is 3.94. The monoisotopic (exact) mass is 171 g/mol. The van der Waals surface area contributed by atoms with E-state index in [0.717, 1.165) is 19.5 Å². The SMILES string of the molecule is NC(=O)CCN1CCCNC1=O. The summed E-state index contributed by atoms with van der Waals surface area (Å²) in [5.74, 6) is -0.367. The van der Waals surface area contributed by atoms with Gasteiger partial charge in [-0.2, -0.15) is 0 Å². The maximum absolute atomic E-state index is 11.1. The highest BCUT2D eigenvalue weighted by atomic mass is 16.2. The van der Waals surface area contributed by atoms with E-state index in [1.807, 2.05) is 0 Å². The lowest BCUT2D eigenvalue weighted by molar-refractivity contribution is -0.118. The largest absolute Gasteiger partial charge is 0.370 e. The van der Waals surface area contributed by atoms with Crippen LogP contribution in [-0.4, -0.2) is 36.5 Å². The van der Waals surface area contributed by atoms with Gasteiger partial charge in [0, 0.05) is 26.1 Å². The number of hydrogen-bond acceptors (Lipinski definition) is 2. The van der Waals surface area contributed by atoms with E-state index in [1.54, 1.807) is 4.90 Å². The van der Waals surface area contributed by atoms with Gasteiger partial charge in [0.25, 0.3) is 0 Å². The van der Waals surface area contributed by atoms with Crippen LogP contribution in [-0.2, 0) is 4.79 Å². The van der Waals surface area contributed by atoms with E-state index in [1.165, 1.54) is 0 Å². The van der Waals surface area contributed by atoms with Gasteiger partial charge < -0.3 is 16.0 Å². The highest BCUT2D eigenvalue weighted by Crippen LogP contribution is 1.99. The summed E-state index contributed by atoms with van der Waals surface area (Å²) in [6.07, 6.45) is 1.18. The molecule has 0 saturated carbocycles. The van der Waals surface area contributed by atoms with Crippen molar-refractivity contribution in [1.82, 2.24) is 10.2 Å².